The third-order valence-electron chi connectivity index (χ3n) is 3.61. The van der Waals surface area contributed by atoms with Gasteiger partial charge in [-0.15, -0.1) is 12.4 Å². The first-order chi connectivity index (χ1) is 10.5. The fourth-order valence-corrected chi connectivity index (χ4v) is 2.59. The van der Waals surface area contributed by atoms with Crippen LogP contribution >= 0.6 is 35.6 Å². The van der Waals surface area contributed by atoms with E-state index in [-0.39, 0.29) is 37.2 Å². The first-order valence-corrected chi connectivity index (χ1v) is 7.89. The fourth-order valence-electron chi connectivity index (χ4n) is 2.26. The van der Waals surface area contributed by atoms with Crippen LogP contribution in [-0.2, 0) is 16.0 Å². The van der Waals surface area contributed by atoms with Crippen LogP contribution < -0.4 is 5.32 Å². The van der Waals surface area contributed by atoms with Gasteiger partial charge in [-0.3, -0.25) is 9.59 Å². The molecule has 1 aromatic rings. The van der Waals surface area contributed by atoms with Crippen LogP contribution in [0.25, 0.3) is 0 Å². The summed E-state index contributed by atoms with van der Waals surface area (Å²) < 4.78 is 0. The second-order valence-electron chi connectivity index (χ2n) is 5.31. The highest BCUT2D eigenvalue weighted by atomic mass is 35.5. The van der Waals surface area contributed by atoms with E-state index >= 15 is 0 Å². The number of hydrogen-bond donors (Lipinski definition) is 1. The number of nitrogens with zero attached hydrogens (tertiary/aromatic N) is 2. The maximum atomic E-state index is 12.2. The van der Waals surface area contributed by atoms with Crippen LogP contribution in [0.3, 0.4) is 0 Å². The molecule has 1 aliphatic rings. The first kappa shape index (κ1) is 20.0. The van der Waals surface area contributed by atoms with Gasteiger partial charge in [0.1, 0.15) is 0 Å². The van der Waals surface area contributed by atoms with Gasteiger partial charge in [-0.1, -0.05) is 29.3 Å². The third kappa shape index (κ3) is 5.84. The molecule has 8 heteroatoms. The molecule has 0 spiro atoms. The van der Waals surface area contributed by atoms with Crippen LogP contribution in [0.4, 0.5) is 0 Å². The van der Waals surface area contributed by atoms with Gasteiger partial charge in [0.2, 0.25) is 11.8 Å². The molecule has 128 valence electrons. The molecule has 1 N–H and O–H groups in total. The smallest absolute Gasteiger partial charge is 0.242 e. The number of hydrogen-bond acceptors (Lipinski definition) is 3. The molecule has 5 nitrogen and oxygen atoms in total. The highest BCUT2D eigenvalue weighted by Gasteiger charge is 2.20. The van der Waals surface area contributed by atoms with E-state index in [0.717, 1.165) is 18.7 Å². The molecule has 1 heterocycles. The van der Waals surface area contributed by atoms with Crippen molar-refractivity contribution in [3.8, 4) is 0 Å². The number of piperazine rings is 1. The quantitative estimate of drug-likeness (QED) is 0.867. The molecule has 2 amide bonds. The van der Waals surface area contributed by atoms with Gasteiger partial charge in [0, 0.05) is 33.2 Å². The lowest BCUT2D eigenvalue weighted by molar-refractivity contribution is -0.139. The summed E-state index contributed by atoms with van der Waals surface area (Å²) in [6.07, 6.45) is 0.197. The molecular weight excluding hydrogens is 361 g/mol. The Hall–Kier alpha value is -1.01. The molecule has 2 rings (SSSR count). The summed E-state index contributed by atoms with van der Waals surface area (Å²) in [6.45, 7) is 3.07. The van der Waals surface area contributed by atoms with E-state index in [1.54, 1.807) is 30.1 Å². The second kappa shape index (κ2) is 9.33. The van der Waals surface area contributed by atoms with Gasteiger partial charge in [-0.2, -0.15) is 0 Å². The molecule has 0 radical (unpaired) electrons. The Morgan fingerprint density at radius 3 is 2.48 bits per heavy atom. The maximum absolute atomic E-state index is 12.2. The summed E-state index contributed by atoms with van der Waals surface area (Å²) in [6, 6.07) is 5.10. The van der Waals surface area contributed by atoms with Gasteiger partial charge in [-0.05, 0) is 17.7 Å². The molecule has 0 saturated carbocycles. The zero-order chi connectivity index (χ0) is 16.1. The average molecular weight is 381 g/mol. The van der Waals surface area contributed by atoms with Crippen molar-refractivity contribution in [2.75, 3.05) is 39.8 Å². The number of carbonyl (C=O) groups excluding carboxylic acids is 2. The van der Waals surface area contributed by atoms with Crippen LogP contribution in [0.5, 0.6) is 0 Å². The van der Waals surface area contributed by atoms with E-state index in [4.69, 9.17) is 23.2 Å². The van der Waals surface area contributed by atoms with Crippen molar-refractivity contribution >= 4 is 47.4 Å². The Morgan fingerprint density at radius 1 is 1.22 bits per heavy atom. The third-order valence-corrected chi connectivity index (χ3v) is 4.35. The number of benzene rings is 1. The van der Waals surface area contributed by atoms with Gasteiger partial charge < -0.3 is 15.1 Å². The van der Waals surface area contributed by atoms with Crippen LogP contribution in [0.15, 0.2) is 18.2 Å². The maximum Gasteiger partial charge on any atom is 0.242 e. The van der Waals surface area contributed by atoms with E-state index in [1.165, 1.54) is 4.90 Å². The van der Waals surface area contributed by atoms with E-state index < -0.39 is 0 Å². The van der Waals surface area contributed by atoms with Crippen LogP contribution in [-0.4, -0.2) is 61.4 Å². The lowest BCUT2D eigenvalue weighted by Gasteiger charge is -2.29. The topological polar surface area (TPSA) is 52.7 Å². The minimum atomic E-state index is -0.123. The predicted octanol–water partition coefficient (Wildman–Crippen LogP) is 1.85. The van der Waals surface area contributed by atoms with Crippen molar-refractivity contribution < 1.29 is 9.59 Å². The summed E-state index contributed by atoms with van der Waals surface area (Å²) in [7, 11) is 1.64. The average Bonchev–Trinajstić information content (AvgIpc) is 2.51. The van der Waals surface area contributed by atoms with Crippen molar-refractivity contribution in [1.29, 1.82) is 0 Å². The molecule has 0 atom stereocenters. The number of halogens is 3. The minimum absolute atomic E-state index is 0. The number of carbonyl (C=O) groups is 2. The summed E-state index contributed by atoms with van der Waals surface area (Å²) in [5, 5.41) is 4.07. The molecular formula is C15H20Cl3N3O2. The van der Waals surface area contributed by atoms with Gasteiger partial charge in [0.25, 0.3) is 0 Å². The highest BCUT2D eigenvalue weighted by molar-refractivity contribution is 6.42. The molecule has 1 aromatic carbocycles. The standard InChI is InChI=1S/C15H19Cl2N3O2.ClH/c1-19(10-15(22)20-6-4-18-5-7-20)14(21)9-11-2-3-12(16)13(17)8-11;/h2-3,8,18H,4-7,9-10H2,1H3;1H. The van der Waals surface area contributed by atoms with Crippen molar-refractivity contribution in [3.05, 3.63) is 33.8 Å². The number of rotatable bonds is 4. The largest absolute Gasteiger partial charge is 0.339 e. The van der Waals surface area contributed by atoms with E-state index in [0.29, 0.717) is 23.1 Å². The Morgan fingerprint density at radius 2 is 1.87 bits per heavy atom. The van der Waals surface area contributed by atoms with Crippen molar-refractivity contribution in [1.82, 2.24) is 15.1 Å². The van der Waals surface area contributed by atoms with Crippen LogP contribution in [0, 0.1) is 0 Å². The molecule has 23 heavy (non-hydrogen) atoms. The molecule has 0 aliphatic carbocycles. The minimum Gasteiger partial charge on any atom is -0.339 e. The Labute approximate surface area is 152 Å². The molecule has 1 fully saturated rings. The molecule has 1 aliphatic heterocycles. The highest BCUT2D eigenvalue weighted by Crippen LogP contribution is 2.22. The van der Waals surface area contributed by atoms with Gasteiger partial charge >= 0.3 is 0 Å². The number of likely N-dealkylation sites (N-methyl/N-ethyl adjacent to an activating group) is 1. The van der Waals surface area contributed by atoms with Gasteiger partial charge in [-0.25, -0.2) is 0 Å². The Bertz CT molecular complexity index is 563. The van der Waals surface area contributed by atoms with E-state index in [2.05, 4.69) is 5.32 Å². The number of nitrogens with one attached hydrogen (secondary N) is 1. The molecule has 0 unspecified atom stereocenters. The Balaban J connectivity index is 0.00000264. The van der Waals surface area contributed by atoms with Crippen LogP contribution in [0.2, 0.25) is 10.0 Å². The van der Waals surface area contributed by atoms with Gasteiger partial charge in [0.05, 0.1) is 23.0 Å². The zero-order valence-corrected chi connectivity index (χ0v) is 15.2. The van der Waals surface area contributed by atoms with Crippen molar-refractivity contribution in [3.63, 3.8) is 0 Å². The van der Waals surface area contributed by atoms with Gasteiger partial charge in [0.15, 0.2) is 0 Å². The fraction of sp³-hybridized carbons (Fsp3) is 0.467. The lowest BCUT2D eigenvalue weighted by Crippen LogP contribution is -2.49. The van der Waals surface area contributed by atoms with Crippen molar-refractivity contribution in [2.24, 2.45) is 0 Å². The Kier molecular flexibility index (Phi) is 8.12. The molecule has 0 aromatic heterocycles. The first-order valence-electron chi connectivity index (χ1n) is 7.14. The van der Waals surface area contributed by atoms with Crippen LogP contribution in [0.1, 0.15) is 5.56 Å². The normalized spacial score (nSPS) is 14.1. The monoisotopic (exact) mass is 379 g/mol. The predicted molar refractivity (Wildman–Crippen MR) is 94.5 cm³/mol. The van der Waals surface area contributed by atoms with Crippen molar-refractivity contribution in [2.45, 2.75) is 6.42 Å². The summed E-state index contributed by atoms with van der Waals surface area (Å²) in [5.74, 6) is -0.145. The van der Waals surface area contributed by atoms with E-state index in [9.17, 15) is 9.59 Å². The summed E-state index contributed by atoms with van der Waals surface area (Å²) in [5.41, 5.74) is 0.779. The van der Waals surface area contributed by atoms with E-state index in [1.807, 2.05) is 0 Å². The lowest BCUT2D eigenvalue weighted by atomic mass is 10.1. The number of amides is 2. The second-order valence-corrected chi connectivity index (χ2v) is 6.12. The molecule has 1 saturated heterocycles. The summed E-state index contributed by atoms with van der Waals surface area (Å²) in [4.78, 5) is 27.6. The summed E-state index contributed by atoms with van der Waals surface area (Å²) >= 11 is 11.8. The molecule has 0 bridgehead atoms. The zero-order valence-electron chi connectivity index (χ0n) is 12.8. The SMILES string of the molecule is CN(CC(=O)N1CCNCC1)C(=O)Cc1ccc(Cl)c(Cl)c1.Cl.